The molecule has 0 fully saturated rings. The maximum Gasteiger partial charge on any atom is 0.123 e. The predicted molar refractivity (Wildman–Crippen MR) is 80.9 cm³/mol. The van der Waals surface area contributed by atoms with Crippen molar-refractivity contribution >= 4 is 0 Å². The first kappa shape index (κ1) is 16.2. The van der Waals surface area contributed by atoms with Crippen molar-refractivity contribution < 1.29 is 4.39 Å². The number of nitrogens with one attached hydrogen (secondary N) is 1. The van der Waals surface area contributed by atoms with Crippen molar-refractivity contribution in [2.45, 2.75) is 47.5 Å². The number of rotatable bonds is 7. The summed E-state index contributed by atoms with van der Waals surface area (Å²) in [5.41, 5.74) is 2.51. The summed E-state index contributed by atoms with van der Waals surface area (Å²) in [5, 5.41) is 3.54. The molecule has 1 rings (SSSR count). The lowest BCUT2D eigenvalue weighted by Gasteiger charge is -2.30. The quantitative estimate of drug-likeness (QED) is 0.773. The van der Waals surface area contributed by atoms with Gasteiger partial charge < -0.3 is 5.32 Å². The van der Waals surface area contributed by atoms with Gasteiger partial charge in [-0.15, -0.1) is 0 Å². The van der Waals surface area contributed by atoms with Crippen LogP contribution in [-0.2, 0) is 6.42 Å². The minimum absolute atomic E-state index is 0.130. The Bertz CT molecular complexity index is 400. The van der Waals surface area contributed by atoms with Crippen LogP contribution in [0.1, 0.15) is 45.2 Å². The van der Waals surface area contributed by atoms with Crippen molar-refractivity contribution in [1.29, 1.82) is 0 Å². The molecule has 1 atom stereocenters. The number of aryl methyl sites for hydroxylation is 1. The van der Waals surface area contributed by atoms with Crippen LogP contribution in [0.4, 0.5) is 4.39 Å². The molecule has 0 aromatic heterocycles. The van der Waals surface area contributed by atoms with Crippen molar-refractivity contribution in [1.82, 2.24) is 5.32 Å². The third kappa shape index (κ3) is 5.32. The van der Waals surface area contributed by atoms with Gasteiger partial charge in [-0.3, -0.25) is 0 Å². The van der Waals surface area contributed by atoms with Crippen molar-refractivity contribution in [2.75, 3.05) is 13.1 Å². The summed E-state index contributed by atoms with van der Waals surface area (Å²) in [6, 6.07) is 5.10. The molecule has 1 unspecified atom stereocenters. The topological polar surface area (TPSA) is 12.0 Å². The van der Waals surface area contributed by atoms with Crippen molar-refractivity contribution in [3.63, 3.8) is 0 Å². The maximum atomic E-state index is 13.4. The number of benzene rings is 1. The molecule has 0 heterocycles. The summed E-state index contributed by atoms with van der Waals surface area (Å²) in [7, 11) is 0. The summed E-state index contributed by atoms with van der Waals surface area (Å²) in [6.45, 7) is 13.0. The highest BCUT2D eigenvalue weighted by Crippen LogP contribution is 2.27. The van der Waals surface area contributed by atoms with Crippen LogP contribution in [0, 0.1) is 24.1 Å². The minimum Gasteiger partial charge on any atom is -0.316 e. The zero-order valence-electron chi connectivity index (χ0n) is 13.0. The van der Waals surface area contributed by atoms with Gasteiger partial charge in [0.05, 0.1) is 0 Å². The monoisotopic (exact) mass is 265 g/mol. The SMILES string of the molecule is CCC(C)(CNCC(C)C)Cc1cc(F)ccc1C. The minimum atomic E-state index is -0.130. The second-order valence-corrected chi connectivity index (χ2v) is 6.44. The van der Waals surface area contributed by atoms with E-state index >= 15 is 0 Å². The van der Waals surface area contributed by atoms with Gasteiger partial charge in [-0.25, -0.2) is 4.39 Å². The van der Waals surface area contributed by atoms with Gasteiger partial charge in [-0.2, -0.15) is 0 Å². The van der Waals surface area contributed by atoms with Gasteiger partial charge in [-0.1, -0.05) is 33.8 Å². The van der Waals surface area contributed by atoms with Crippen molar-refractivity contribution in [3.8, 4) is 0 Å². The molecular formula is C17H28FN. The Morgan fingerprint density at radius 1 is 1.32 bits per heavy atom. The normalized spacial score (nSPS) is 14.7. The zero-order chi connectivity index (χ0) is 14.5. The molecule has 0 amide bonds. The van der Waals surface area contributed by atoms with E-state index in [1.807, 2.05) is 6.07 Å². The molecule has 0 spiro atoms. The molecule has 1 nitrogen and oxygen atoms in total. The van der Waals surface area contributed by atoms with E-state index in [0.717, 1.165) is 31.5 Å². The van der Waals surface area contributed by atoms with Crippen LogP contribution in [0.25, 0.3) is 0 Å². The Kier molecular flexibility index (Phi) is 5.99. The molecule has 0 aliphatic rings. The molecule has 1 N–H and O–H groups in total. The van der Waals surface area contributed by atoms with E-state index in [1.54, 1.807) is 12.1 Å². The summed E-state index contributed by atoms with van der Waals surface area (Å²) < 4.78 is 13.4. The first-order valence-corrected chi connectivity index (χ1v) is 7.32. The number of halogens is 1. The summed E-state index contributed by atoms with van der Waals surface area (Å²) in [5.74, 6) is 0.534. The van der Waals surface area contributed by atoms with Crippen LogP contribution in [0.5, 0.6) is 0 Å². The van der Waals surface area contributed by atoms with E-state index in [2.05, 4.69) is 39.9 Å². The highest BCUT2D eigenvalue weighted by Gasteiger charge is 2.23. The molecule has 0 aliphatic heterocycles. The van der Waals surface area contributed by atoms with Gasteiger partial charge in [0.2, 0.25) is 0 Å². The molecule has 0 saturated carbocycles. The van der Waals surface area contributed by atoms with Crippen molar-refractivity contribution in [2.24, 2.45) is 11.3 Å². The molecule has 108 valence electrons. The average Bonchev–Trinajstić information content (AvgIpc) is 2.33. The highest BCUT2D eigenvalue weighted by atomic mass is 19.1. The van der Waals surface area contributed by atoms with Crippen LogP contribution >= 0.6 is 0 Å². The standard InChI is InChI=1S/C17H28FN/c1-6-17(5,12-19-11-13(2)3)10-15-9-16(18)8-7-14(15)4/h7-9,13,19H,6,10-12H2,1-5H3. The van der Waals surface area contributed by atoms with Crippen LogP contribution in [-0.4, -0.2) is 13.1 Å². The summed E-state index contributed by atoms with van der Waals surface area (Å²) in [4.78, 5) is 0. The predicted octanol–water partition coefficient (Wildman–Crippen LogP) is 4.34. The van der Waals surface area contributed by atoms with Gasteiger partial charge in [0.25, 0.3) is 0 Å². The van der Waals surface area contributed by atoms with Crippen LogP contribution in [0.15, 0.2) is 18.2 Å². The van der Waals surface area contributed by atoms with Gasteiger partial charge in [0.15, 0.2) is 0 Å². The first-order valence-electron chi connectivity index (χ1n) is 7.32. The smallest absolute Gasteiger partial charge is 0.123 e. The maximum absolute atomic E-state index is 13.4. The first-order chi connectivity index (χ1) is 8.86. The van der Waals surface area contributed by atoms with Crippen LogP contribution in [0.2, 0.25) is 0 Å². The molecule has 1 aromatic rings. The van der Waals surface area contributed by atoms with E-state index in [4.69, 9.17) is 0 Å². The number of hydrogen-bond acceptors (Lipinski definition) is 1. The molecule has 1 aromatic carbocycles. The van der Waals surface area contributed by atoms with Gasteiger partial charge >= 0.3 is 0 Å². The van der Waals surface area contributed by atoms with Gasteiger partial charge in [-0.05, 0) is 60.9 Å². The Morgan fingerprint density at radius 3 is 2.58 bits per heavy atom. The molecule has 2 heteroatoms. The lowest BCUT2D eigenvalue weighted by Crippen LogP contribution is -2.35. The molecule has 0 bridgehead atoms. The fourth-order valence-electron chi connectivity index (χ4n) is 2.27. The zero-order valence-corrected chi connectivity index (χ0v) is 13.0. The molecule has 0 radical (unpaired) electrons. The average molecular weight is 265 g/mol. The van der Waals surface area contributed by atoms with E-state index in [1.165, 1.54) is 5.56 Å². The molecule has 0 saturated heterocycles. The fourth-order valence-corrected chi connectivity index (χ4v) is 2.27. The van der Waals surface area contributed by atoms with E-state index in [-0.39, 0.29) is 11.2 Å². The Morgan fingerprint density at radius 2 is 2.00 bits per heavy atom. The van der Waals surface area contributed by atoms with Gasteiger partial charge in [0, 0.05) is 6.54 Å². The summed E-state index contributed by atoms with van der Waals surface area (Å²) in [6.07, 6.45) is 2.02. The second kappa shape index (κ2) is 7.04. The fraction of sp³-hybridized carbons (Fsp3) is 0.647. The molecule has 0 aliphatic carbocycles. The van der Waals surface area contributed by atoms with E-state index < -0.39 is 0 Å². The molecular weight excluding hydrogens is 237 g/mol. The van der Waals surface area contributed by atoms with Crippen LogP contribution in [0.3, 0.4) is 0 Å². The summed E-state index contributed by atoms with van der Waals surface area (Å²) >= 11 is 0. The Labute approximate surface area is 117 Å². The number of hydrogen-bond donors (Lipinski definition) is 1. The van der Waals surface area contributed by atoms with E-state index in [9.17, 15) is 4.39 Å². The Balaban J connectivity index is 2.71. The Hall–Kier alpha value is -0.890. The highest BCUT2D eigenvalue weighted by molar-refractivity contribution is 5.27. The third-order valence-corrected chi connectivity index (χ3v) is 3.89. The van der Waals surface area contributed by atoms with Crippen LogP contribution < -0.4 is 5.32 Å². The second-order valence-electron chi connectivity index (χ2n) is 6.44. The third-order valence-electron chi connectivity index (χ3n) is 3.89. The van der Waals surface area contributed by atoms with Gasteiger partial charge in [0.1, 0.15) is 5.82 Å². The molecule has 19 heavy (non-hydrogen) atoms. The lowest BCUT2D eigenvalue weighted by molar-refractivity contribution is 0.284. The largest absolute Gasteiger partial charge is 0.316 e. The lowest BCUT2D eigenvalue weighted by atomic mass is 9.80. The van der Waals surface area contributed by atoms with Crippen molar-refractivity contribution in [3.05, 3.63) is 35.1 Å². The van der Waals surface area contributed by atoms with E-state index in [0.29, 0.717) is 5.92 Å².